The van der Waals surface area contributed by atoms with Gasteiger partial charge in [-0.05, 0) is 31.2 Å². The van der Waals surface area contributed by atoms with Gasteiger partial charge in [0.1, 0.15) is 5.69 Å². The molecule has 3 heterocycles. The fraction of sp³-hybridized carbons (Fsp3) is 0.346. The molecule has 0 bridgehead atoms. The van der Waals surface area contributed by atoms with E-state index >= 15 is 0 Å². The third-order valence-corrected chi connectivity index (χ3v) is 5.33. The van der Waals surface area contributed by atoms with Crippen molar-refractivity contribution >= 4 is 5.95 Å². The van der Waals surface area contributed by atoms with Gasteiger partial charge in [0, 0.05) is 30.3 Å². The number of benzene rings is 1. The average molecular weight is 458 g/mol. The van der Waals surface area contributed by atoms with Crippen LogP contribution in [0.15, 0.2) is 54.7 Å². The van der Waals surface area contributed by atoms with Gasteiger partial charge in [0.15, 0.2) is 0 Å². The van der Waals surface area contributed by atoms with Crippen molar-refractivity contribution in [3.05, 3.63) is 71.7 Å². The van der Waals surface area contributed by atoms with Gasteiger partial charge in [-0.25, -0.2) is 14.6 Å². The fourth-order valence-electron chi connectivity index (χ4n) is 3.52. The molecular weight excluding hydrogens is 426 g/mol. The van der Waals surface area contributed by atoms with Gasteiger partial charge in [0.2, 0.25) is 5.95 Å². The number of nitrogens with zero attached hydrogens (tertiary/aromatic N) is 6. The summed E-state index contributed by atoms with van der Waals surface area (Å²) < 4.78 is 6.94. The number of methoxy groups -OCH3 is 1. The first-order valence-electron chi connectivity index (χ1n) is 11.4. The highest BCUT2D eigenvalue weighted by molar-refractivity contribution is 5.67. The van der Waals surface area contributed by atoms with Crippen molar-refractivity contribution < 1.29 is 4.74 Å². The van der Waals surface area contributed by atoms with Gasteiger partial charge < -0.3 is 10.1 Å². The van der Waals surface area contributed by atoms with Crippen molar-refractivity contribution in [2.45, 2.75) is 39.7 Å². The number of pyridine rings is 1. The lowest BCUT2D eigenvalue weighted by Gasteiger charge is -2.18. The summed E-state index contributed by atoms with van der Waals surface area (Å²) >= 11 is 0. The Morgan fingerprint density at radius 2 is 1.74 bits per heavy atom. The zero-order valence-electron chi connectivity index (χ0n) is 20.4. The molecular formula is C26H31N7O. The molecule has 4 rings (SSSR count). The van der Waals surface area contributed by atoms with Crippen LogP contribution in [0.5, 0.6) is 0 Å². The standard InChI is InChI=1S/C26H31N7O/c1-18-8-6-9-19(14-18)21-15-22(30-25(29-21)27-12-13-34-5)23-17-33(32-31-23)16-20-10-7-11-24(28-20)26(2,3)4/h6-11,14-15,17H,12-13,16H2,1-5H3,(H,27,29,30). The molecule has 34 heavy (non-hydrogen) atoms. The molecule has 8 heteroatoms. The zero-order valence-corrected chi connectivity index (χ0v) is 20.4. The molecule has 0 unspecified atom stereocenters. The third-order valence-electron chi connectivity index (χ3n) is 5.33. The number of aromatic nitrogens is 6. The Morgan fingerprint density at radius 3 is 2.50 bits per heavy atom. The van der Waals surface area contributed by atoms with E-state index in [1.54, 1.807) is 11.8 Å². The van der Waals surface area contributed by atoms with E-state index in [0.717, 1.165) is 22.6 Å². The largest absolute Gasteiger partial charge is 0.383 e. The summed E-state index contributed by atoms with van der Waals surface area (Å²) in [7, 11) is 1.67. The molecule has 0 fully saturated rings. The highest BCUT2D eigenvalue weighted by Gasteiger charge is 2.16. The Labute approximate surface area is 200 Å². The van der Waals surface area contributed by atoms with Gasteiger partial charge in [-0.1, -0.05) is 55.8 Å². The van der Waals surface area contributed by atoms with Crippen LogP contribution in [0.3, 0.4) is 0 Å². The van der Waals surface area contributed by atoms with Crippen LogP contribution in [0.2, 0.25) is 0 Å². The number of hydrogen-bond acceptors (Lipinski definition) is 7. The monoisotopic (exact) mass is 457 g/mol. The summed E-state index contributed by atoms with van der Waals surface area (Å²) in [4.78, 5) is 14.2. The van der Waals surface area contributed by atoms with E-state index in [1.807, 2.05) is 36.5 Å². The van der Waals surface area contributed by atoms with Gasteiger partial charge in [-0.3, -0.25) is 4.98 Å². The lowest BCUT2D eigenvalue weighted by Crippen LogP contribution is -2.15. The summed E-state index contributed by atoms with van der Waals surface area (Å²) in [5.41, 5.74) is 6.37. The maximum atomic E-state index is 5.15. The maximum Gasteiger partial charge on any atom is 0.223 e. The Balaban J connectivity index is 1.63. The van der Waals surface area contributed by atoms with Crippen molar-refractivity contribution in [3.8, 4) is 22.6 Å². The highest BCUT2D eigenvalue weighted by atomic mass is 16.5. The van der Waals surface area contributed by atoms with E-state index in [0.29, 0.717) is 37.0 Å². The van der Waals surface area contributed by atoms with E-state index in [2.05, 4.69) is 66.5 Å². The second kappa shape index (κ2) is 10.1. The van der Waals surface area contributed by atoms with Gasteiger partial charge in [-0.15, -0.1) is 5.10 Å². The molecule has 4 aromatic rings. The third kappa shape index (κ3) is 5.82. The average Bonchev–Trinajstić information content (AvgIpc) is 3.27. The number of nitrogens with one attached hydrogen (secondary N) is 1. The molecule has 3 aromatic heterocycles. The van der Waals surface area contributed by atoms with Crippen LogP contribution < -0.4 is 5.32 Å². The summed E-state index contributed by atoms with van der Waals surface area (Å²) in [5, 5.41) is 11.9. The molecule has 0 spiro atoms. The quantitative estimate of drug-likeness (QED) is 0.389. The molecule has 0 aliphatic carbocycles. The Hall–Kier alpha value is -3.65. The van der Waals surface area contributed by atoms with Crippen LogP contribution >= 0.6 is 0 Å². The molecule has 0 saturated heterocycles. The SMILES string of the molecule is COCCNc1nc(-c2cccc(C)c2)cc(-c2cn(Cc3cccc(C(C)(C)C)n3)nn2)n1. The number of aryl methyl sites for hydroxylation is 1. The number of anilines is 1. The van der Waals surface area contributed by atoms with Crippen LogP contribution in [-0.2, 0) is 16.7 Å². The van der Waals surface area contributed by atoms with Crippen molar-refractivity contribution in [2.24, 2.45) is 0 Å². The molecule has 0 radical (unpaired) electrons. The van der Waals surface area contributed by atoms with Crippen LogP contribution in [0.1, 0.15) is 37.7 Å². The zero-order chi connectivity index (χ0) is 24.1. The minimum atomic E-state index is -0.0110. The van der Waals surface area contributed by atoms with Gasteiger partial charge in [-0.2, -0.15) is 0 Å². The predicted molar refractivity (Wildman–Crippen MR) is 134 cm³/mol. The summed E-state index contributed by atoms with van der Waals surface area (Å²) in [6, 6.07) is 16.3. The lowest BCUT2D eigenvalue weighted by molar-refractivity contribution is 0.210. The minimum Gasteiger partial charge on any atom is -0.383 e. The van der Waals surface area contributed by atoms with Gasteiger partial charge in [0.25, 0.3) is 0 Å². The first-order chi connectivity index (χ1) is 16.3. The topological polar surface area (TPSA) is 90.6 Å². The molecule has 1 aromatic carbocycles. The van der Waals surface area contributed by atoms with E-state index in [9.17, 15) is 0 Å². The van der Waals surface area contributed by atoms with Crippen molar-refractivity contribution in [3.63, 3.8) is 0 Å². The predicted octanol–water partition coefficient (Wildman–Crippen LogP) is 4.51. The molecule has 1 N–H and O–H groups in total. The molecule has 0 amide bonds. The minimum absolute atomic E-state index is 0.0110. The molecule has 0 saturated carbocycles. The first kappa shape index (κ1) is 23.5. The smallest absolute Gasteiger partial charge is 0.223 e. The number of rotatable bonds is 8. The first-order valence-corrected chi connectivity index (χ1v) is 11.4. The molecule has 0 atom stereocenters. The highest BCUT2D eigenvalue weighted by Crippen LogP contribution is 2.25. The Morgan fingerprint density at radius 1 is 0.941 bits per heavy atom. The van der Waals surface area contributed by atoms with Crippen molar-refractivity contribution in [2.75, 3.05) is 25.6 Å². The van der Waals surface area contributed by atoms with Gasteiger partial charge in [0.05, 0.1) is 36.4 Å². The molecule has 8 nitrogen and oxygen atoms in total. The second-order valence-electron chi connectivity index (χ2n) is 9.32. The molecule has 0 aliphatic heterocycles. The summed E-state index contributed by atoms with van der Waals surface area (Å²) in [6.07, 6.45) is 1.90. The number of hydrogen-bond donors (Lipinski definition) is 1. The van der Waals surface area contributed by atoms with E-state index in [1.165, 1.54) is 5.56 Å². The molecule has 0 aliphatic rings. The summed E-state index contributed by atoms with van der Waals surface area (Å²) in [6.45, 7) is 10.2. The van der Waals surface area contributed by atoms with E-state index < -0.39 is 0 Å². The van der Waals surface area contributed by atoms with Gasteiger partial charge >= 0.3 is 0 Å². The van der Waals surface area contributed by atoms with Crippen LogP contribution in [0, 0.1) is 6.92 Å². The van der Waals surface area contributed by atoms with Crippen LogP contribution in [0.25, 0.3) is 22.6 Å². The Kier molecular flexibility index (Phi) is 6.98. The second-order valence-corrected chi connectivity index (χ2v) is 9.32. The maximum absolute atomic E-state index is 5.15. The Bertz CT molecular complexity index is 1260. The van der Waals surface area contributed by atoms with Crippen molar-refractivity contribution in [1.82, 2.24) is 29.9 Å². The van der Waals surface area contributed by atoms with Crippen LogP contribution in [-0.4, -0.2) is 50.2 Å². The van der Waals surface area contributed by atoms with Crippen LogP contribution in [0.4, 0.5) is 5.95 Å². The normalized spacial score (nSPS) is 11.6. The lowest BCUT2D eigenvalue weighted by atomic mass is 9.91. The van der Waals surface area contributed by atoms with Crippen molar-refractivity contribution in [1.29, 1.82) is 0 Å². The number of ether oxygens (including phenoxy) is 1. The van der Waals surface area contributed by atoms with E-state index in [4.69, 9.17) is 14.7 Å². The fourth-order valence-corrected chi connectivity index (χ4v) is 3.52. The molecule has 176 valence electrons. The van der Waals surface area contributed by atoms with E-state index in [-0.39, 0.29) is 5.41 Å². The summed E-state index contributed by atoms with van der Waals surface area (Å²) in [5.74, 6) is 0.528.